The van der Waals surface area contributed by atoms with Crippen molar-refractivity contribution in [3.63, 3.8) is 0 Å². The number of amides is 1. The van der Waals surface area contributed by atoms with E-state index < -0.39 is 28.6 Å². The van der Waals surface area contributed by atoms with E-state index in [1.165, 1.54) is 0 Å². The number of carbonyl (C=O) groups is 2. The number of fused-ring (bicyclic) bond motifs is 1. The molecule has 2 fully saturated rings. The van der Waals surface area contributed by atoms with Crippen molar-refractivity contribution >= 4 is 29.4 Å². The van der Waals surface area contributed by atoms with E-state index in [0.29, 0.717) is 19.3 Å². The number of hydrogen-bond donors (Lipinski definition) is 3. The molecule has 2 aliphatic heterocycles. The summed E-state index contributed by atoms with van der Waals surface area (Å²) >= 11 is 6.71. The number of pyridine rings is 1. The molecule has 35 heavy (non-hydrogen) atoms. The first-order valence-corrected chi connectivity index (χ1v) is 12.9. The number of nitrogens with zero attached hydrogens (tertiary/aromatic N) is 1. The minimum absolute atomic E-state index is 0.119. The molecular weight excluding hydrogens is 468 g/mol. The molecule has 3 heterocycles. The van der Waals surface area contributed by atoms with Crippen molar-refractivity contribution in [3.8, 4) is 0 Å². The summed E-state index contributed by atoms with van der Waals surface area (Å²) in [6.45, 7) is 8.79. The molecule has 1 aromatic heterocycles. The van der Waals surface area contributed by atoms with Gasteiger partial charge in [0.15, 0.2) is 5.06 Å². The van der Waals surface area contributed by atoms with Crippen LogP contribution >= 0.6 is 11.6 Å². The summed E-state index contributed by atoms with van der Waals surface area (Å²) in [6, 6.07) is 5.25. The molecule has 0 aromatic carbocycles. The molecule has 3 N–H and O–H groups in total. The summed E-state index contributed by atoms with van der Waals surface area (Å²) < 4.78 is 5.86. The highest BCUT2D eigenvalue weighted by Gasteiger charge is 2.55. The summed E-state index contributed by atoms with van der Waals surface area (Å²) in [7, 11) is 0. The Morgan fingerprint density at radius 2 is 1.97 bits per heavy atom. The van der Waals surface area contributed by atoms with Crippen molar-refractivity contribution < 1.29 is 24.5 Å². The van der Waals surface area contributed by atoms with Crippen LogP contribution in [0.5, 0.6) is 0 Å². The van der Waals surface area contributed by atoms with E-state index in [9.17, 15) is 19.8 Å². The monoisotopic (exact) mass is 506 g/mol. The van der Waals surface area contributed by atoms with E-state index in [1.807, 2.05) is 38.1 Å². The zero-order chi connectivity index (χ0) is 26.0. The third-order valence-electron chi connectivity index (χ3n) is 7.69. The number of alkyl halides is 1. The number of aromatic nitrogens is 1. The maximum Gasteiger partial charge on any atom is 0.223 e. The van der Waals surface area contributed by atoms with Crippen LogP contribution in [-0.2, 0) is 14.3 Å². The average molecular weight is 507 g/mol. The van der Waals surface area contributed by atoms with Gasteiger partial charge in [-0.15, -0.1) is 0 Å². The van der Waals surface area contributed by atoms with Gasteiger partial charge in [0.2, 0.25) is 5.91 Å². The van der Waals surface area contributed by atoms with Crippen LogP contribution in [0.1, 0.15) is 72.4 Å². The minimum Gasteiger partial charge on any atom is -0.392 e. The number of ketones is 1. The highest BCUT2D eigenvalue weighted by Crippen LogP contribution is 2.48. The van der Waals surface area contributed by atoms with E-state index in [4.69, 9.17) is 16.3 Å². The van der Waals surface area contributed by atoms with Gasteiger partial charge in [0, 0.05) is 18.5 Å². The van der Waals surface area contributed by atoms with Gasteiger partial charge < -0.3 is 20.3 Å². The van der Waals surface area contributed by atoms with Crippen LogP contribution in [-0.4, -0.2) is 56.3 Å². The van der Waals surface area contributed by atoms with E-state index in [0.717, 1.165) is 17.7 Å². The van der Waals surface area contributed by atoms with Gasteiger partial charge in [0.25, 0.3) is 0 Å². The smallest absolute Gasteiger partial charge is 0.223 e. The highest BCUT2D eigenvalue weighted by atomic mass is 35.5. The van der Waals surface area contributed by atoms with Gasteiger partial charge in [-0.1, -0.05) is 45.4 Å². The molecule has 7 atom stereocenters. The van der Waals surface area contributed by atoms with E-state index in [-0.39, 0.29) is 36.2 Å². The lowest BCUT2D eigenvalue weighted by molar-refractivity contribution is -0.143. The number of aliphatic hydroxyl groups is 2. The largest absolute Gasteiger partial charge is 0.392 e. The molecule has 194 valence electrons. The van der Waals surface area contributed by atoms with E-state index in [1.54, 1.807) is 27.0 Å². The third-order valence-corrected chi connectivity index (χ3v) is 8.21. The number of carbonyl (C=O) groups excluding carboxylic acids is 2. The molecule has 2 saturated heterocycles. The second-order valence-electron chi connectivity index (χ2n) is 10.8. The van der Waals surface area contributed by atoms with Crippen molar-refractivity contribution in [1.82, 2.24) is 10.3 Å². The van der Waals surface area contributed by atoms with Gasteiger partial charge in [-0.3, -0.25) is 14.6 Å². The molecule has 7 nitrogen and oxygen atoms in total. The van der Waals surface area contributed by atoms with Crippen molar-refractivity contribution in [1.29, 1.82) is 0 Å². The SMILES string of the molecule is CC(=Cc1ccccn1)[C@@H]1C[C@@H]2O[C@]2(Cl)CCC[C@H](C)[C@H](O)[C@@H](C)C(=O)C(C)(C)[C@@H](O)CC(=O)N1. The summed E-state index contributed by atoms with van der Waals surface area (Å²) in [5.74, 6) is -1.42. The first-order valence-electron chi connectivity index (χ1n) is 12.5. The Morgan fingerprint density at radius 3 is 2.63 bits per heavy atom. The Balaban J connectivity index is 1.86. The van der Waals surface area contributed by atoms with Crippen LogP contribution in [0.3, 0.4) is 0 Å². The van der Waals surface area contributed by atoms with Crippen LogP contribution in [0.4, 0.5) is 0 Å². The molecule has 2 aliphatic rings. The molecule has 0 unspecified atom stereocenters. The van der Waals surface area contributed by atoms with Gasteiger partial charge >= 0.3 is 0 Å². The lowest BCUT2D eigenvalue weighted by atomic mass is 9.73. The Bertz CT molecular complexity index is 937. The molecular formula is C27H39ClN2O5. The number of halogens is 1. The standard InChI is InChI=1S/C27H39ClN2O5/c1-16-9-8-11-27(28)22(35-27)14-20(17(2)13-19-10-6-7-12-29-19)30-23(32)15-21(31)26(4,5)25(34)18(3)24(16)33/h6-7,10,12-13,16,18,20-22,24,31,33H,8-9,11,14-15H2,1-5H3,(H,30,32)/t16-,18+,20-,21-,22-,24-,27+/m0/s1. The number of ether oxygens (including phenoxy) is 1. The Hall–Kier alpha value is -1.80. The van der Waals surface area contributed by atoms with Gasteiger partial charge in [0.05, 0.1) is 35.8 Å². The van der Waals surface area contributed by atoms with Gasteiger partial charge in [-0.2, -0.15) is 0 Å². The van der Waals surface area contributed by atoms with Crippen molar-refractivity contribution in [2.45, 2.75) is 96.1 Å². The summed E-state index contributed by atoms with van der Waals surface area (Å²) in [5.41, 5.74) is 0.477. The molecule has 0 aliphatic carbocycles. The predicted molar refractivity (Wildman–Crippen MR) is 135 cm³/mol. The quantitative estimate of drug-likeness (QED) is 0.415. The Labute approximate surface area is 213 Å². The lowest BCUT2D eigenvalue weighted by Gasteiger charge is -2.34. The van der Waals surface area contributed by atoms with E-state index >= 15 is 0 Å². The molecule has 0 radical (unpaired) electrons. The lowest BCUT2D eigenvalue weighted by Crippen LogP contribution is -2.47. The van der Waals surface area contributed by atoms with E-state index in [2.05, 4.69) is 10.3 Å². The first-order chi connectivity index (χ1) is 16.3. The van der Waals surface area contributed by atoms with Gasteiger partial charge in [0.1, 0.15) is 11.9 Å². The zero-order valence-electron chi connectivity index (χ0n) is 21.3. The van der Waals surface area contributed by atoms with Crippen molar-refractivity contribution in [2.75, 3.05) is 0 Å². The zero-order valence-corrected chi connectivity index (χ0v) is 22.1. The van der Waals surface area contributed by atoms with Gasteiger partial charge in [-0.05, 0) is 55.9 Å². The summed E-state index contributed by atoms with van der Waals surface area (Å²) in [6.07, 6.45) is 3.66. The molecule has 1 amide bonds. The second-order valence-corrected chi connectivity index (χ2v) is 11.5. The van der Waals surface area contributed by atoms with Crippen molar-refractivity contribution in [3.05, 3.63) is 35.7 Å². The summed E-state index contributed by atoms with van der Waals surface area (Å²) in [4.78, 5) is 30.5. The molecule has 0 saturated carbocycles. The summed E-state index contributed by atoms with van der Waals surface area (Å²) in [5, 5.41) is 23.9. The predicted octanol–water partition coefficient (Wildman–Crippen LogP) is 3.86. The fourth-order valence-electron chi connectivity index (χ4n) is 4.93. The number of aliphatic hydroxyl groups excluding tert-OH is 2. The van der Waals surface area contributed by atoms with Crippen LogP contribution < -0.4 is 5.32 Å². The third kappa shape index (κ3) is 6.70. The van der Waals surface area contributed by atoms with Crippen molar-refractivity contribution in [2.24, 2.45) is 17.3 Å². The first kappa shape index (κ1) is 27.8. The number of nitrogens with one attached hydrogen (secondary N) is 1. The van der Waals surface area contributed by atoms with Crippen LogP contribution in [0.25, 0.3) is 6.08 Å². The minimum atomic E-state index is -1.20. The normalized spacial score (nSPS) is 37.3. The molecule has 8 heteroatoms. The fraction of sp³-hybridized carbons (Fsp3) is 0.667. The Morgan fingerprint density at radius 1 is 1.26 bits per heavy atom. The highest BCUT2D eigenvalue weighted by molar-refractivity contribution is 6.25. The van der Waals surface area contributed by atoms with Gasteiger partial charge in [-0.25, -0.2) is 0 Å². The molecule has 0 spiro atoms. The van der Waals surface area contributed by atoms with Crippen LogP contribution in [0.2, 0.25) is 0 Å². The number of Topliss-reactive ketones (excluding diaryl/α,β-unsaturated/α-hetero) is 1. The number of rotatable bonds is 2. The van der Waals surface area contributed by atoms with Crippen LogP contribution in [0, 0.1) is 17.3 Å². The molecule has 3 rings (SSSR count). The fourth-order valence-corrected chi connectivity index (χ4v) is 5.26. The Kier molecular flexibility index (Phi) is 8.79. The molecule has 1 aromatic rings. The average Bonchev–Trinajstić information content (AvgIpc) is 3.45. The maximum atomic E-state index is 13.2. The topological polar surface area (TPSA) is 112 Å². The molecule has 0 bridgehead atoms. The second kappa shape index (κ2) is 11.1. The number of hydrogen-bond acceptors (Lipinski definition) is 6. The van der Waals surface area contributed by atoms with Crippen LogP contribution in [0.15, 0.2) is 30.0 Å². The number of epoxide rings is 1. The maximum absolute atomic E-state index is 13.2.